The van der Waals surface area contributed by atoms with E-state index >= 15 is 0 Å². The van der Waals surface area contributed by atoms with Gasteiger partial charge in [-0.25, -0.2) is 0 Å². The Morgan fingerprint density at radius 1 is 1.32 bits per heavy atom. The number of pyridine rings is 1. The molecule has 2 unspecified atom stereocenters. The number of amidine groups is 1. The highest BCUT2D eigenvalue weighted by atomic mass is 16.4. The third-order valence-corrected chi connectivity index (χ3v) is 4.12. The van der Waals surface area contributed by atoms with Crippen molar-refractivity contribution in [2.45, 2.75) is 43.9 Å². The maximum Gasteiger partial charge on any atom is 0.188 e. The fourth-order valence-electron chi connectivity index (χ4n) is 3.31. The van der Waals surface area contributed by atoms with E-state index in [0.717, 1.165) is 31.4 Å². The van der Waals surface area contributed by atoms with Crippen LogP contribution in [0.15, 0.2) is 23.5 Å². The first-order chi connectivity index (χ1) is 9.19. The van der Waals surface area contributed by atoms with Gasteiger partial charge >= 0.3 is 0 Å². The van der Waals surface area contributed by atoms with Crippen molar-refractivity contribution in [1.29, 1.82) is 0 Å². The molecule has 0 spiro atoms. The quantitative estimate of drug-likeness (QED) is 0.315. The average molecular weight is 262 g/mol. The molecule has 3 heterocycles. The van der Waals surface area contributed by atoms with Gasteiger partial charge in [-0.1, -0.05) is 5.16 Å². The molecular weight excluding hydrogens is 244 g/mol. The molecule has 0 aromatic carbocycles. The fourth-order valence-corrected chi connectivity index (χ4v) is 3.31. The number of anilines is 1. The monoisotopic (exact) mass is 262 g/mol. The number of oxime groups is 1. The van der Waals surface area contributed by atoms with Crippen molar-refractivity contribution in [2.75, 3.05) is 4.90 Å². The van der Waals surface area contributed by atoms with E-state index in [-0.39, 0.29) is 11.9 Å². The van der Waals surface area contributed by atoms with E-state index in [1.165, 1.54) is 0 Å². The first kappa shape index (κ1) is 12.2. The molecule has 2 aliphatic heterocycles. The van der Waals surface area contributed by atoms with Crippen LogP contribution in [0.3, 0.4) is 0 Å². The summed E-state index contributed by atoms with van der Waals surface area (Å²) in [5.74, 6) is 0.0172. The van der Waals surface area contributed by atoms with Gasteiger partial charge in [0.2, 0.25) is 0 Å². The third-order valence-electron chi connectivity index (χ3n) is 4.12. The summed E-state index contributed by atoms with van der Waals surface area (Å²) in [7, 11) is 0. The van der Waals surface area contributed by atoms with Gasteiger partial charge in [-0.15, -0.1) is 0 Å². The van der Waals surface area contributed by atoms with Crippen molar-refractivity contribution in [1.82, 2.24) is 4.98 Å². The van der Waals surface area contributed by atoms with Gasteiger partial charge in [-0.3, -0.25) is 4.98 Å². The zero-order valence-electron chi connectivity index (χ0n) is 10.6. The smallest absolute Gasteiger partial charge is 0.188 e. The Morgan fingerprint density at radius 3 is 2.53 bits per heavy atom. The van der Waals surface area contributed by atoms with Gasteiger partial charge < -0.3 is 20.9 Å². The molecule has 6 heteroatoms. The van der Waals surface area contributed by atoms with Crippen LogP contribution in [0.4, 0.5) is 5.69 Å². The number of aromatic nitrogens is 1. The van der Waals surface area contributed by atoms with Crippen LogP contribution in [0.5, 0.6) is 0 Å². The molecule has 2 fully saturated rings. The number of hydrogen-bond donors (Lipinski definition) is 3. The van der Waals surface area contributed by atoms with Crippen LogP contribution in [0.25, 0.3) is 0 Å². The van der Waals surface area contributed by atoms with Crippen molar-refractivity contribution in [2.24, 2.45) is 10.9 Å². The maximum absolute atomic E-state index is 9.80. The lowest BCUT2D eigenvalue weighted by atomic mass is 9.99. The molecule has 0 aliphatic carbocycles. The fraction of sp³-hybridized carbons (Fsp3) is 0.538. The second-order valence-electron chi connectivity index (χ2n) is 5.30. The van der Waals surface area contributed by atoms with Crippen molar-refractivity contribution < 1.29 is 10.3 Å². The SMILES string of the molecule is N/C(=N/O)c1ccc(N2C3CCC2CC(O)C3)cn1. The van der Waals surface area contributed by atoms with Crippen LogP contribution < -0.4 is 10.6 Å². The van der Waals surface area contributed by atoms with Crippen molar-refractivity contribution in [3.8, 4) is 0 Å². The highest BCUT2D eigenvalue weighted by molar-refractivity contribution is 5.95. The Morgan fingerprint density at radius 2 is 2.00 bits per heavy atom. The lowest BCUT2D eigenvalue weighted by molar-refractivity contribution is 0.126. The Hall–Kier alpha value is -1.82. The molecule has 0 amide bonds. The molecule has 4 N–H and O–H groups in total. The molecule has 1 aromatic heterocycles. The molecular formula is C13H18N4O2. The molecule has 3 rings (SSSR count). The average Bonchev–Trinajstić information content (AvgIpc) is 2.70. The summed E-state index contributed by atoms with van der Waals surface area (Å²) in [5, 5.41) is 21.4. The number of rotatable bonds is 2. The molecule has 2 aliphatic rings. The van der Waals surface area contributed by atoms with E-state index in [1.807, 2.05) is 6.07 Å². The van der Waals surface area contributed by atoms with Crippen LogP contribution in [-0.2, 0) is 0 Å². The van der Waals surface area contributed by atoms with Crippen LogP contribution >= 0.6 is 0 Å². The topological polar surface area (TPSA) is 95.0 Å². The number of aliphatic hydroxyl groups excluding tert-OH is 1. The summed E-state index contributed by atoms with van der Waals surface area (Å²) < 4.78 is 0. The molecule has 102 valence electrons. The van der Waals surface area contributed by atoms with Gasteiger partial charge in [0, 0.05) is 12.1 Å². The van der Waals surface area contributed by atoms with Crippen LogP contribution in [0, 0.1) is 0 Å². The second kappa shape index (κ2) is 4.70. The van der Waals surface area contributed by atoms with E-state index in [9.17, 15) is 5.11 Å². The third kappa shape index (κ3) is 2.12. The number of fused-ring (bicyclic) bond motifs is 2. The van der Waals surface area contributed by atoms with Gasteiger partial charge in [-0.2, -0.15) is 0 Å². The number of nitrogens with zero attached hydrogens (tertiary/aromatic N) is 3. The highest BCUT2D eigenvalue weighted by Gasteiger charge is 2.40. The van der Waals surface area contributed by atoms with E-state index in [4.69, 9.17) is 10.9 Å². The zero-order chi connectivity index (χ0) is 13.4. The summed E-state index contributed by atoms with van der Waals surface area (Å²) in [6.07, 6.45) is 5.51. The van der Waals surface area contributed by atoms with Crippen molar-refractivity contribution in [3.63, 3.8) is 0 Å². The van der Waals surface area contributed by atoms with Gasteiger partial charge in [0.25, 0.3) is 0 Å². The number of aliphatic hydroxyl groups is 1. The first-order valence-corrected chi connectivity index (χ1v) is 6.59. The maximum atomic E-state index is 9.80. The molecule has 2 saturated heterocycles. The summed E-state index contributed by atoms with van der Waals surface area (Å²) in [6, 6.07) is 4.52. The summed E-state index contributed by atoms with van der Waals surface area (Å²) >= 11 is 0. The lowest BCUT2D eigenvalue weighted by Crippen LogP contribution is -2.44. The zero-order valence-corrected chi connectivity index (χ0v) is 10.6. The molecule has 19 heavy (non-hydrogen) atoms. The lowest BCUT2D eigenvalue weighted by Gasteiger charge is -2.38. The number of nitrogens with two attached hydrogens (primary N) is 1. The van der Waals surface area contributed by atoms with Crippen LogP contribution in [-0.4, -0.2) is 39.3 Å². The van der Waals surface area contributed by atoms with E-state index < -0.39 is 0 Å². The number of piperidine rings is 1. The molecule has 2 atom stereocenters. The van der Waals surface area contributed by atoms with Crippen molar-refractivity contribution in [3.05, 3.63) is 24.0 Å². The molecule has 6 nitrogen and oxygen atoms in total. The second-order valence-corrected chi connectivity index (χ2v) is 5.30. The normalized spacial score (nSPS) is 30.7. The Bertz CT molecular complexity index is 474. The Balaban J connectivity index is 1.83. The first-order valence-electron chi connectivity index (χ1n) is 6.59. The van der Waals surface area contributed by atoms with Crippen LogP contribution in [0.2, 0.25) is 0 Å². The molecule has 1 aromatic rings. The van der Waals surface area contributed by atoms with Gasteiger partial charge in [-0.05, 0) is 37.8 Å². The van der Waals surface area contributed by atoms with Gasteiger partial charge in [0.1, 0.15) is 5.69 Å². The van der Waals surface area contributed by atoms with Gasteiger partial charge in [0.05, 0.1) is 18.0 Å². The summed E-state index contributed by atoms with van der Waals surface area (Å²) in [5.41, 5.74) is 7.02. The van der Waals surface area contributed by atoms with E-state index in [2.05, 4.69) is 15.0 Å². The predicted octanol–water partition coefficient (Wildman–Crippen LogP) is 0.668. The van der Waals surface area contributed by atoms with Gasteiger partial charge in [0.15, 0.2) is 5.84 Å². The number of hydrogen-bond acceptors (Lipinski definition) is 5. The molecule has 0 radical (unpaired) electrons. The van der Waals surface area contributed by atoms with E-state index in [1.54, 1.807) is 12.3 Å². The predicted molar refractivity (Wildman–Crippen MR) is 71.3 cm³/mol. The molecule has 0 saturated carbocycles. The minimum atomic E-state index is -0.168. The minimum absolute atomic E-state index is 0.0172. The van der Waals surface area contributed by atoms with E-state index in [0.29, 0.717) is 17.8 Å². The molecule has 2 bridgehead atoms. The summed E-state index contributed by atoms with van der Waals surface area (Å²) in [4.78, 5) is 6.58. The van der Waals surface area contributed by atoms with Crippen LogP contribution in [0.1, 0.15) is 31.4 Å². The minimum Gasteiger partial charge on any atom is -0.409 e. The van der Waals surface area contributed by atoms with Crippen molar-refractivity contribution >= 4 is 11.5 Å². The Kier molecular flexibility index (Phi) is 3.02. The largest absolute Gasteiger partial charge is 0.409 e. The highest BCUT2D eigenvalue weighted by Crippen LogP contribution is 2.38. The summed E-state index contributed by atoms with van der Waals surface area (Å²) in [6.45, 7) is 0. The standard InChI is InChI=1S/C13H18N4O2/c14-13(16-19)12-4-3-10(7-15-12)17-8-1-2-9(17)6-11(18)5-8/h3-4,7-9,11,18-19H,1-2,5-6H2,(H2,14,16). The Labute approximate surface area is 111 Å².